The predicted octanol–water partition coefficient (Wildman–Crippen LogP) is 6.25. The summed E-state index contributed by atoms with van der Waals surface area (Å²) in [5.41, 5.74) is 4.69. The highest BCUT2D eigenvalue weighted by atomic mass is 32.2. The number of halogens is 2. The zero-order valence-corrected chi connectivity index (χ0v) is 22.7. The number of likely N-dealkylation sites (N-methyl/N-ethyl adjacent to an activating group) is 1. The summed E-state index contributed by atoms with van der Waals surface area (Å²) in [6.45, 7) is 11.0. The van der Waals surface area contributed by atoms with Crippen LogP contribution in [0.25, 0.3) is 27.7 Å². The van der Waals surface area contributed by atoms with Crippen molar-refractivity contribution in [1.82, 2.24) is 19.2 Å². The molecule has 4 aromatic rings. The van der Waals surface area contributed by atoms with Gasteiger partial charge in [0.2, 0.25) is 0 Å². The Kier molecular flexibility index (Phi) is 7.69. The van der Waals surface area contributed by atoms with Gasteiger partial charge in [0.15, 0.2) is 5.82 Å². The molecule has 0 bridgehead atoms. The highest BCUT2D eigenvalue weighted by Gasteiger charge is 2.21. The minimum Gasteiger partial charge on any atom is -0.369 e. The second-order valence-electron chi connectivity index (χ2n) is 9.56. The third-order valence-electron chi connectivity index (χ3n) is 7.07. The van der Waals surface area contributed by atoms with Crippen molar-refractivity contribution in [1.29, 1.82) is 0 Å². The molecular weight excluding hydrogens is 502 g/mol. The number of benzene rings is 2. The molecule has 2 aromatic heterocycles. The molecular formula is C29H32F2N6S. The second kappa shape index (κ2) is 11.1. The van der Waals surface area contributed by atoms with E-state index in [1.165, 1.54) is 30.0 Å². The summed E-state index contributed by atoms with van der Waals surface area (Å²) in [6, 6.07) is 13.1. The van der Waals surface area contributed by atoms with E-state index >= 15 is 4.39 Å². The number of anilines is 2. The maximum Gasteiger partial charge on any atom is 0.157 e. The molecule has 0 atom stereocenters. The second-order valence-corrected chi connectivity index (χ2v) is 10.6. The number of nitrogens with one attached hydrogen (secondary N) is 2. The molecule has 1 aliphatic heterocycles. The minimum absolute atomic E-state index is 0.155. The van der Waals surface area contributed by atoms with Crippen LogP contribution in [0.15, 0.2) is 61.4 Å². The number of fused-ring (bicyclic) bond motifs is 1. The number of hydrogen-bond donors (Lipinski definition) is 2. The van der Waals surface area contributed by atoms with Crippen molar-refractivity contribution in [2.24, 2.45) is 0 Å². The van der Waals surface area contributed by atoms with Gasteiger partial charge in [-0.15, -0.1) is 0 Å². The van der Waals surface area contributed by atoms with Crippen LogP contribution in [0.4, 0.5) is 20.2 Å². The van der Waals surface area contributed by atoms with Crippen LogP contribution >= 0.6 is 12.1 Å². The average molecular weight is 535 g/mol. The molecule has 2 aromatic carbocycles. The highest BCUT2D eigenvalue weighted by molar-refractivity contribution is 7.98. The van der Waals surface area contributed by atoms with E-state index in [4.69, 9.17) is 0 Å². The highest BCUT2D eigenvalue weighted by Crippen LogP contribution is 2.36. The van der Waals surface area contributed by atoms with Gasteiger partial charge in [-0.1, -0.05) is 25.6 Å². The zero-order chi connectivity index (χ0) is 26.8. The third kappa shape index (κ3) is 5.27. The molecule has 38 heavy (non-hydrogen) atoms. The summed E-state index contributed by atoms with van der Waals surface area (Å²) in [5, 5.41) is 0.757. The van der Waals surface area contributed by atoms with Crippen molar-refractivity contribution in [3.63, 3.8) is 0 Å². The number of aromatic amines is 1. The third-order valence-corrected chi connectivity index (χ3v) is 7.96. The smallest absolute Gasteiger partial charge is 0.157 e. The summed E-state index contributed by atoms with van der Waals surface area (Å²) in [4.78, 5) is 12.4. The van der Waals surface area contributed by atoms with Gasteiger partial charge in [0, 0.05) is 79.5 Å². The Labute approximate surface area is 226 Å². The number of rotatable bonds is 8. The van der Waals surface area contributed by atoms with E-state index in [0.717, 1.165) is 49.2 Å². The van der Waals surface area contributed by atoms with E-state index in [-0.39, 0.29) is 16.8 Å². The fourth-order valence-corrected chi connectivity index (χ4v) is 5.12. The number of nitrogens with zero attached hydrogens (tertiary/aromatic N) is 4. The Morgan fingerprint density at radius 2 is 1.84 bits per heavy atom. The standard InChI is InChI=1S/C29H32F2N6S/c1-5-36(4)38-34-26-11-10-25(30)27(28(26)31)19(2)24-18-33-29-23(24)16-21(17-32-29)20-6-8-22(9-7-20)37-14-12-35(3)13-15-37/h6-11,16-18,34H,2,5,12-15H2,1,3-4H3,(H,32,33). The zero-order valence-electron chi connectivity index (χ0n) is 21.9. The summed E-state index contributed by atoms with van der Waals surface area (Å²) in [6.07, 6.45) is 3.52. The van der Waals surface area contributed by atoms with Gasteiger partial charge in [-0.25, -0.2) is 18.1 Å². The molecule has 1 aliphatic rings. The van der Waals surface area contributed by atoms with Crippen LogP contribution in [0.1, 0.15) is 18.1 Å². The molecule has 1 fully saturated rings. The molecule has 5 rings (SSSR count). The van der Waals surface area contributed by atoms with Crippen LogP contribution in [0, 0.1) is 11.6 Å². The Morgan fingerprint density at radius 3 is 2.55 bits per heavy atom. The lowest BCUT2D eigenvalue weighted by molar-refractivity contribution is 0.313. The summed E-state index contributed by atoms with van der Waals surface area (Å²) >= 11 is 1.25. The first kappa shape index (κ1) is 26.2. The van der Waals surface area contributed by atoms with Crippen LogP contribution in [-0.2, 0) is 0 Å². The molecule has 9 heteroatoms. The van der Waals surface area contributed by atoms with Crippen molar-refractivity contribution >= 4 is 40.1 Å². The molecule has 1 saturated heterocycles. The summed E-state index contributed by atoms with van der Waals surface area (Å²) < 4.78 is 35.2. The van der Waals surface area contributed by atoms with Crippen molar-refractivity contribution < 1.29 is 8.78 Å². The molecule has 0 amide bonds. The monoisotopic (exact) mass is 534 g/mol. The number of pyridine rings is 1. The van der Waals surface area contributed by atoms with E-state index in [2.05, 4.69) is 62.4 Å². The lowest BCUT2D eigenvalue weighted by Gasteiger charge is -2.34. The Bertz CT molecular complexity index is 1440. The first-order valence-corrected chi connectivity index (χ1v) is 13.5. The van der Waals surface area contributed by atoms with E-state index in [0.29, 0.717) is 11.2 Å². The largest absolute Gasteiger partial charge is 0.369 e. The Morgan fingerprint density at radius 1 is 1.11 bits per heavy atom. The molecule has 6 nitrogen and oxygen atoms in total. The topological polar surface area (TPSA) is 50.4 Å². The molecule has 0 radical (unpaired) electrons. The van der Waals surface area contributed by atoms with E-state index in [1.54, 1.807) is 6.20 Å². The number of hydrogen-bond acceptors (Lipinski definition) is 6. The van der Waals surface area contributed by atoms with Crippen molar-refractivity contribution in [2.75, 3.05) is 56.4 Å². The van der Waals surface area contributed by atoms with Crippen LogP contribution in [-0.4, -0.2) is 66.0 Å². The van der Waals surface area contributed by atoms with Gasteiger partial charge in [-0.3, -0.25) is 0 Å². The first-order valence-electron chi connectivity index (χ1n) is 12.7. The van der Waals surface area contributed by atoms with Crippen molar-refractivity contribution in [3.8, 4) is 11.1 Å². The van der Waals surface area contributed by atoms with Gasteiger partial charge >= 0.3 is 0 Å². The van der Waals surface area contributed by atoms with Gasteiger partial charge in [0.05, 0.1) is 11.3 Å². The van der Waals surface area contributed by atoms with Crippen LogP contribution in [0.3, 0.4) is 0 Å². The van der Waals surface area contributed by atoms with E-state index in [9.17, 15) is 4.39 Å². The van der Waals surface area contributed by atoms with E-state index in [1.807, 2.05) is 30.5 Å². The summed E-state index contributed by atoms with van der Waals surface area (Å²) in [7, 11) is 4.03. The van der Waals surface area contributed by atoms with Gasteiger partial charge in [0.25, 0.3) is 0 Å². The number of piperazine rings is 1. The van der Waals surface area contributed by atoms with Gasteiger partial charge in [-0.2, -0.15) is 0 Å². The first-order chi connectivity index (χ1) is 18.4. The normalized spacial score (nSPS) is 14.4. The van der Waals surface area contributed by atoms with Gasteiger partial charge in [-0.05, 0) is 55.6 Å². The minimum atomic E-state index is -0.676. The molecule has 0 aliphatic carbocycles. The lowest BCUT2D eigenvalue weighted by atomic mass is 9.97. The fraction of sp³-hybridized carbons (Fsp3) is 0.276. The maximum atomic E-state index is 15.5. The predicted molar refractivity (Wildman–Crippen MR) is 155 cm³/mol. The van der Waals surface area contributed by atoms with Crippen LogP contribution in [0.5, 0.6) is 0 Å². The van der Waals surface area contributed by atoms with E-state index < -0.39 is 11.6 Å². The molecule has 2 N–H and O–H groups in total. The molecule has 0 saturated carbocycles. The number of H-pyrrole nitrogens is 1. The van der Waals surface area contributed by atoms with Gasteiger partial charge in [0.1, 0.15) is 11.5 Å². The Balaban J connectivity index is 1.43. The molecule has 198 valence electrons. The molecule has 0 spiro atoms. The summed E-state index contributed by atoms with van der Waals surface area (Å²) in [5.74, 6) is -1.34. The lowest BCUT2D eigenvalue weighted by Crippen LogP contribution is -2.44. The van der Waals surface area contributed by atoms with Crippen molar-refractivity contribution in [2.45, 2.75) is 6.92 Å². The molecule has 0 unspecified atom stereocenters. The van der Waals surface area contributed by atoms with Gasteiger partial charge < -0.3 is 19.5 Å². The fourth-order valence-electron chi connectivity index (χ4n) is 4.57. The quantitative estimate of drug-likeness (QED) is 0.261. The van der Waals surface area contributed by atoms with Crippen molar-refractivity contribution in [3.05, 3.63) is 84.2 Å². The number of aromatic nitrogens is 2. The Hall–Kier alpha value is -3.40. The van der Waals surface area contributed by atoms with Crippen LogP contribution < -0.4 is 9.62 Å². The molecule has 3 heterocycles. The maximum absolute atomic E-state index is 15.5. The van der Waals surface area contributed by atoms with Crippen LogP contribution in [0.2, 0.25) is 0 Å². The average Bonchev–Trinajstić information content (AvgIpc) is 3.36. The SMILES string of the molecule is C=C(c1c(F)ccc(NSN(C)CC)c1F)c1c[nH]c2ncc(-c3ccc(N4CCN(C)CC4)cc3)cc12.